The molecule has 1 aliphatic heterocycles. The van der Waals surface area contributed by atoms with Crippen molar-refractivity contribution >= 4 is 12.2 Å². The van der Waals surface area contributed by atoms with Crippen molar-refractivity contribution in [3.63, 3.8) is 0 Å². The van der Waals surface area contributed by atoms with E-state index in [1.54, 1.807) is 15.9 Å². The van der Waals surface area contributed by atoms with Gasteiger partial charge in [-0.3, -0.25) is 0 Å². The molecule has 1 unspecified atom stereocenters. The average Bonchev–Trinajstić information content (AvgIpc) is 2.48. The Bertz CT molecular complexity index is 417. The van der Waals surface area contributed by atoms with Crippen LogP contribution in [0.15, 0.2) is 12.7 Å². The number of piperazine rings is 1. The molecule has 1 heterocycles. The Kier molecular flexibility index (Phi) is 7.39. The maximum atomic E-state index is 12.4. The molecule has 0 radical (unpaired) electrons. The van der Waals surface area contributed by atoms with Gasteiger partial charge in [0.15, 0.2) is 0 Å². The monoisotopic (exact) mass is 326 g/mol. The topological polar surface area (TPSA) is 59.1 Å². The summed E-state index contributed by atoms with van der Waals surface area (Å²) in [6, 6.07) is -0.0326. The van der Waals surface area contributed by atoms with Crippen molar-refractivity contribution < 1.29 is 19.1 Å². The summed E-state index contributed by atoms with van der Waals surface area (Å²) in [5.74, 6) is 0. The molecule has 0 N–H and O–H groups in total. The minimum atomic E-state index is -0.521. The molecule has 6 nitrogen and oxygen atoms in total. The number of carbonyl (C=O) groups is 2. The Balaban J connectivity index is 2.71. The number of hydrogen-bond acceptors (Lipinski definition) is 4. The lowest BCUT2D eigenvalue weighted by molar-refractivity contribution is -0.00350. The van der Waals surface area contributed by atoms with Gasteiger partial charge >= 0.3 is 12.2 Å². The summed E-state index contributed by atoms with van der Waals surface area (Å²) in [6.07, 6.45) is 3.77. The van der Waals surface area contributed by atoms with Crippen LogP contribution in [0, 0.1) is 0 Å². The van der Waals surface area contributed by atoms with Crippen LogP contribution in [0.5, 0.6) is 0 Å². The minimum Gasteiger partial charge on any atom is -0.445 e. The smallest absolute Gasteiger partial charge is 0.410 e. The summed E-state index contributed by atoms with van der Waals surface area (Å²) < 4.78 is 10.6. The van der Waals surface area contributed by atoms with Crippen LogP contribution in [0.3, 0.4) is 0 Å². The molecule has 1 fully saturated rings. The third-order valence-electron chi connectivity index (χ3n) is 3.58. The summed E-state index contributed by atoms with van der Waals surface area (Å²) in [5, 5.41) is 0. The van der Waals surface area contributed by atoms with Gasteiger partial charge in [-0.15, -0.1) is 0 Å². The summed E-state index contributed by atoms with van der Waals surface area (Å²) in [4.78, 5) is 27.8. The van der Waals surface area contributed by atoms with E-state index >= 15 is 0 Å². The number of ether oxygens (including phenoxy) is 2. The molecule has 23 heavy (non-hydrogen) atoms. The van der Waals surface area contributed by atoms with Crippen molar-refractivity contribution in [3.8, 4) is 0 Å². The van der Waals surface area contributed by atoms with Gasteiger partial charge in [-0.25, -0.2) is 9.59 Å². The zero-order valence-corrected chi connectivity index (χ0v) is 14.8. The summed E-state index contributed by atoms with van der Waals surface area (Å²) in [6.45, 7) is 12.8. The van der Waals surface area contributed by atoms with Crippen LogP contribution in [0.4, 0.5) is 9.59 Å². The van der Waals surface area contributed by atoms with Crippen LogP contribution in [-0.2, 0) is 9.47 Å². The number of unbranched alkanes of at least 4 members (excludes halogenated alkanes) is 1. The first kappa shape index (κ1) is 19.3. The highest BCUT2D eigenvalue weighted by molar-refractivity contribution is 5.71. The second-order valence-electron chi connectivity index (χ2n) is 6.78. The molecular formula is C17H30N2O4. The normalized spacial score (nSPS) is 18.5. The zero-order valence-electron chi connectivity index (χ0n) is 14.8. The number of amides is 2. The average molecular weight is 326 g/mol. The van der Waals surface area contributed by atoms with Crippen molar-refractivity contribution in [3.05, 3.63) is 12.7 Å². The van der Waals surface area contributed by atoms with Gasteiger partial charge in [0.25, 0.3) is 0 Å². The third-order valence-corrected chi connectivity index (χ3v) is 3.58. The highest BCUT2D eigenvalue weighted by atomic mass is 16.6. The van der Waals surface area contributed by atoms with E-state index < -0.39 is 5.60 Å². The second kappa shape index (κ2) is 8.79. The van der Waals surface area contributed by atoms with Gasteiger partial charge in [0.1, 0.15) is 12.2 Å². The first-order chi connectivity index (χ1) is 10.8. The highest BCUT2D eigenvalue weighted by Crippen LogP contribution is 2.20. The van der Waals surface area contributed by atoms with Crippen LogP contribution in [0.1, 0.15) is 47.0 Å². The molecule has 0 spiro atoms. The molecule has 0 aromatic heterocycles. The van der Waals surface area contributed by atoms with Crippen molar-refractivity contribution in [2.75, 3.05) is 26.2 Å². The van der Waals surface area contributed by atoms with E-state index in [1.807, 2.05) is 20.8 Å². The molecule has 0 saturated carbocycles. The summed E-state index contributed by atoms with van der Waals surface area (Å²) >= 11 is 0. The van der Waals surface area contributed by atoms with Gasteiger partial charge in [0, 0.05) is 19.6 Å². The van der Waals surface area contributed by atoms with E-state index in [2.05, 4.69) is 13.5 Å². The maximum Gasteiger partial charge on any atom is 0.410 e. The van der Waals surface area contributed by atoms with Crippen LogP contribution in [-0.4, -0.2) is 59.9 Å². The second-order valence-corrected chi connectivity index (χ2v) is 6.78. The van der Waals surface area contributed by atoms with Crippen molar-refractivity contribution in [2.45, 2.75) is 58.6 Å². The van der Waals surface area contributed by atoms with E-state index in [9.17, 15) is 9.59 Å². The maximum absolute atomic E-state index is 12.4. The van der Waals surface area contributed by atoms with Gasteiger partial charge in [0.05, 0.1) is 6.04 Å². The fraction of sp³-hybridized carbons (Fsp3) is 0.765. The molecule has 0 aromatic rings. The Morgan fingerprint density at radius 1 is 1.26 bits per heavy atom. The molecule has 132 valence electrons. The Hall–Kier alpha value is -1.72. The Morgan fingerprint density at radius 3 is 2.52 bits per heavy atom. The van der Waals surface area contributed by atoms with Gasteiger partial charge < -0.3 is 19.3 Å². The molecule has 1 aliphatic rings. The van der Waals surface area contributed by atoms with Crippen LogP contribution in [0.2, 0.25) is 0 Å². The van der Waals surface area contributed by atoms with Gasteiger partial charge in [-0.2, -0.15) is 0 Å². The molecule has 1 saturated heterocycles. The molecule has 6 heteroatoms. The largest absolute Gasteiger partial charge is 0.445 e. The lowest BCUT2D eigenvalue weighted by Crippen LogP contribution is -2.57. The van der Waals surface area contributed by atoms with E-state index in [4.69, 9.17) is 9.47 Å². The minimum absolute atomic E-state index is 0.0326. The van der Waals surface area contributed by atoms with Gasteiger partial charge in [0.2, 0.25) is 0 Å². The first-order valence-corrected chi connectivity index (χ1v) is 8.30. The first-order valence-electron chi connectivity index (χ1n) is 8.30. The van der Waals surface area contributed by atoms with Crippen molar-refractivity contribution in [1.29, 1.82) is 0 Å². The van der Waals surface area contributed by atoms with Crippen LogP contribution < -0.4 is 0 Å². The Morgan fingerprint density at radius 2 is 1.96 bits per heavy atom. The fourth-order valence-corrected chi connectivity index (χ4v) is 2.49. The van der Waals surface area contributed by atoms with Crippen LogP contribution in [0.25, 0.3) is 0 Å². The Labute approximate surface area is 139 Å². The number of rotatable bonds is 5. The summed E-state index contributed by atoms with van der Waals surface area (Å²) in [7, 11) is 0. The highest BCUT2D eigenvalue weighted by Gasteiger charge is 2.34. The fourth-order valence-electron chi connectivity index (χ4n) is 2.49. The van der Waals surface area contributed by atoms with E-state index in [0.717, 1.165) is 19.3 Å². The van der Waals surface area contributed by atoms with Crippen molar-refractivity contribution in [2.24, 2.45) is 0 Å². The van der Waals surface area contributed by atoms with Gasteiger partial charge in [-0.1, -0.05) is 32.4 Å². The van der Waals surface area contributed by atoms with Crippen LogP contribution >= 0.6 is 0 Å². The SMILES string of the molecule is C=CCOC(=O)N1CCN(C(=O)OC(C)(C)C)C(CCCC)C1. The molecule has 0 bridgehead atoms. The lowest BCUT2D eigenvalue weighted by Gasteiger charge is -2.41. The number of nitrogens with zero attached hydrogens (tertiary/aromatic N) is 2. The molecule has 2 amide bonds. The lowest BCUT2D eigenvalue weighted by atomic mass is 10.1. The molecule has 1 atom stereocenters. The van der Waals surface area contributed by atoms with E-state index in [-0.39, 0.29) is 24.8 Å². The van der Waals surface area contributed by atoms with E-state index in [1.165, 1.54) is 0 Å². The quantitative estimate of drug-likeness (QED) is 0.726. The third kappa shape index (κ3) is 6.50. The van der Waals surface area contributed by atoms with Crippen molar-refractivity contribution in [1.82, 2.24) is 9.80 Å². The van der Waals surface area contributed by atoms with E-state index in [0.29, 0.717) is 19.6 Å². The molecule has 0 aromatic carbocycles. The predicted molar refractivity (Wildman–Crippen MR) is 89.4 cm³/mol. The summed E-state index contributed by atoms with van der Waals surface area (Å²) in [5.41, 5.74) is -0.521. The standard InChI is InChI=1S/C17H30N2O4/c1-6-8-9-14-13-18(15(20)22-12-7-2)10-11-19(14)16(21)23-17(3,4)5/h7,14H,2,6,8-13H2,1,3-5H3. The molecule has 1 rings (SSSR count). The zero-order chi connectivity index (χ0) is 17.5. The van der Waals surface area contributed by atoms with Gasteiger partial charge in [-0.05, 0) is 27.2 Å². The number of carbonyl (C=O) groups excluding carboxylic acids is 2. The predicted octanol–water partition coefficient (Wildman–Crippen LogP) is 3.42. The molecular weight excluding hydrogens is 296 g/mol. The number of hydrogen-bond donors (Lipinski definition) is 0. The molecule has 0 aliphatic carbocycles.